The average molecular weight is 245 g/mol. The zero-order valence-corrected chi connectivity index (χ0v) is 10.8. The monoisotopic (exact) mass is 245 g/mol. The molecule has 0 aliphatic heterocycles. The summed E-state index contributed by atoms with van der Waals surface area (Å²) in [5.74, 6) is 0.618. The summed E-state index contributed by atoms with van der Waals surface area (Å²) in [5.41, 5.74) is 0.104. The molecule has 0 fully saturated rings. The van der Waals surface area contributed by atoms with Crippen LogP contribution in [-0.4, -0.2) is 49.8 Å². The van der Waals surface area contributed by atoms with E-state index in [9.17, 15) is 0 Å². The lowest BCUT2D eigenvalue weighted by Crippen LogP contribution is -2.38. The van der Waals surface area contributed by atoms with Crippen molar-refractivity contribution in [2.24, 2.45) is 0 Å². The van der Waals surface area contributed by atoms with Crippen LogP contribution in [0, 0.1) is 0 Å². The number of rotatable bonds is 6. The van der Waals surface area contributed by atoms with Gasteiger partial charge < -0.3 is 10.4 Å². The number of tetrazole rings is 1. The van der Waals surface area contributed by atoms with E-state index < -0.39 is 0 Å². The van der Waals surface area contributed by atoms with Crippen LogP contribution in [0.25, 0.3) is 0 Å². The predicted octanol–water partition coefficient (Wildman–Crippen LogP) is 0.146. The van der Waals surface area contributed by atoms with Crippen molar-refractivity contribution >= 4 is 11.8 Å². The van der Waals surface area contributed by atoms with Gasteiger partial charge in [0, 0.05) is 17.8 Å². The van der Waals surface area contributed by atoms with Crippen LogP contribution in [-0.2, 0) is 6.54 Å². The topological polar surface area (TPSA) is 75.9 Å². The molecule has 0 amide bonds. The van der Waals surface area contributed by atoms with Crippen molar-refractivity contribution in [3.8, 4) is 0 Å². The maximum absolute atomic E-state index is 8.73. The minimum absolute atomic E-state index is 0.104. The lowest BCUT2D eigenvalue weighted by atomic mass is 10.1. The zero-order valence-electron chi connectivity index (χ0n) is 9.97. The van der Waals surface area contributed by atoms with Gasteiger partial charge in [-0.15, -0.1) is 5.10 Å². The van der Waals surface area contributed by atoms with Crippen molar-refractivity contribution in [3.63, 3.8) is 0 Å². The van der Waals surface area contributed by atoms with Crippen LogP contribution < -0.4 is 5.32 Å². The Morgan fingerprint density at radius 1 is 1.44 bits per heavy atom. The van der Waals surface area contributed by atoms with E-state index in [0.29, 0.717) is 5.75 Å². The minimum Gasteiger partial charge on any atom is -0.396 e. The van der Waals surface area contributed by atoms with Crippen molar-refractivity contribution in [3.05, 3.63) is 0 Å². The molecular weight excluding hydrogens is 226 g/mol. The SMILES string of the molecule is CC(C)(C)NCCn1nnnc1SCCO. The molecule has 0 aliphatic carbocycles. The lowest BCUT2D eigenvalue weighted by Gasteiger charge is -2.20. The maximum Gasteiger partial charge on any atom is 0.209 e. The molecule has 0 saturated carbocycles. The molecule has 1 aromatic rings. The van der Waals surface area contributed by atoms with Gasteiger partial charge in [0.1, 0.15) is 0 Å². The summed E-state index contributed by atoms with van der Waals surface area (Å²) < 4.78 is 1.75. The fraction of sp³-hybridized carbons (Fsp3) is 0.889. The lowest BCUT2D eigenvalue weighted by molar-refractivity contribution is 0.322. The molecule has 16 heavy (non-hydrogen) atoms. The quantitative estimate of drug-likeness (QED) is 0.695. The summed E-state index contributed by atoms with van der Waals surface area (Å²) >= 11 is 1.46. The van der Waals surface area contributed by atoms with Crippen molar-refractivity contribution in [2.45, 2.75) is 38.0 Å². The summed E-state index contributed by atoms with van der Waals surface area (Å²) in [6.07, 6.45) is 0. The van der Waals surface area contributed by atoms with Gasteiger partial charge in [-0.25, -0.2) is 4.68 Å². The van der Waals surface area contributed by atoms with Gasteiger partial charge in [0.05, 0.1) is 13.2 Å². The van der Waals surface area contributed by atoms with Gasteiger partial charge in [0.15, 0.2) is 0 Å². The summed E-state index contributed by atoms with van der Waals surface area (Å²) in [6, 6.07) is 0. The van der Waals surface area contributed by atoms with Crippen LogP contribution in [0.1, 0.15) is 20.8 Å². The van der Waals surface area contributed by atoms with Crippen LogP contribution >= 0.6 is 11.8 Å². The van der Waals surface area contributed by atoms with E-state index in [1.807, 2.05) is 0 Å². The second-order valence-corrected chi connectivity index (χ2v) is 5.50. The number of thioether (sulfide) groups is 1. The Hall–Kier alpha value is -0.660. The number of aliphatic hydroxyl groups is 1. The van der Waals surface area contributed by atoms with Crippen LogP contribution in [0.15, 0.2) is 5.16 Å². The highest BCUT2D eigenvalue weighted by molar-refractivity contribution is 7.99. The highest BCUT2D eigenvalue weighted by Crippen LogP contribution is 2.12. The van der Waals surface area contributed by atoms with Crippen molar-refractivity contribution in [1.29, 1.82) is 0 Å². The molecular formula is C9H19N5OS. The fourth-order valence-electron chi connectivity index (χ4n) is 1.11. The van der Waals surface area contributed by atoms with E-state index in [-0.39, 0.29) is 12.1 Å². The van der Waals surface area contributed by atoms with Gasteiger partial charge in [-0.2, -0.15) is 0 Å². The average Bonchev–Trinajstić information content (AvgIpc) is 2.60. The van der Waals surface area contributed by atoms with E-state index >= 15 is 0 Å². The van der Waals surface area contributed by atoms with Gasteiger partial charge >= 0.3 is 0 Å². The first-order valence-electron chi connectivity index (χ1n) is 5.28. The number of hydrogen-bond donors (Lipinski definition) is 2. The molecule has 1 aromatic heterocycles. The Morgan fingerprint density at radius 3 is 2.81 bits per heavy atom. The van der Waals surface area contributed by atoms with Crippen LogP contribution in [0.2, 0.25) is 0 Å². The highest BCUT2D eigenvalue weighted by atomic mass is 32.2. The Morgan fingerprint density at radius 2 is 2.19 bits per heavy atom. The summed E-state index contributed by atoms with van der Waals surface area (Å²) in [5, 5.41) is 24.3. The van der Waals surface area contributed by atoms with E-state index in [4.69, 9.17) is 5.11 Å². The van der Waals surface area contributed by atoms with E-state index in [1.165, 1.54) is 11.8 Å². The molecule has 0 aromatic carbocycles. The first kappa shape index (κ1) is 13.4. The standard InChI is InChI=1S/C9H19N5OS/c1-9(2,3)10-4-5-14-8(11-12-13-14)16-7-6-15/h10,15H,4-7H2,1-3H3. The molecule has 0 aliphatic rings. The molecule has 0 saturated heterocycles. The van der Waals surface area contributed by atoms with Crippen LogP contribution in [0.4, 0.5) is 0 Å². The van der Waals surface area contributed by atoms with Crippen molar-refractivity contribution in [2.75, 3.05) is 18.9 Å². The third kappa shape index (κ3) is 4.91. The molecule has 0 unspecified atom stereocenters. The smallest absolute Gasteiger partial charge is 0.209 e. The summed E-state index contributed by atoms with van der Waals surface area (Å²) in [7, 11) is 0. The second-order valence-electron chi connectivity index (χ2n) is 4.43. The van der Waals surface area contributed by atoms with Gasteiger partial charge in [0.25, 0.3) is 0 Å². The van der Waals surface area contributed by atoms with Crippen LogP contribution in [0.3, 0.4) is 0 Å². The zero-order chi connectivity index (χ0) is 12.0. The van der Waals surface area contributed by atoms with Gasteiger partial charge in [-0.1, -0.05) is 11.8 Å². The first-order chi connectivity index (χ1) is 7.53. The summed E-state index contributed by atoms with van der Waals surface area (Å²) in [4.78, 5) is 0. The fourth-order valence-corrected chi connectivity index (χ4v) is 1.76. The van der Waals surface area contributed by atoms with E-state index in [2.05, 4.69) is 41.6 Å². The maximum atomic E-state index is 8.73. The largest absolute Gasteiger partial charge is 0.396 e. The third-order valence-electron chi connectivity index (χ3n) is 1.80. The van der Waals surface area contributed by atoms with Crippen LogP contribution in [0.5, 0.6) is 0 Å². The Balaban J connectivity index is 2.38. The molecule has 0 spiro atoms. The van der Waals surface area contributed by atoms with Gasteiger partial charge in [0.2, 0.25) is 5.16 Å². The van der Waals surface area contributed by atoms with Crippen molar-refractivity contribution < 1.29 is 5.11 Å². The second kappa shape index (κ2) is 6.17. The number of hydrogen-bond acceptors (Lipinski definition) is 6. The third-order valence-corrected chi connectivity index (χ3v) is 2.74. The van der Waals surface area contributed by atoms with Gasteiger partial charge in [-0.05, 0) is 31.2 Å². The molecule has 92 valence electrons. The Labute approximate surface area is 99.8 Å². The molecule has 1 rings (SSSR count). The predicted molar refractivity (Wildman–Crippen MR) is 63.4 cm³/mol. The van der Waals surface area contributed by atoms with Crippen molar-refractivity contribution in [1.82, 2.24) is 25.5 Å². The number of aliphatic hydroxyl groups excluding tert-OH is 1. The molecule has 0 radical (unpaired) electrons. The minimum atomic E-state index is 0.104. The molecule has 7 heteroatoms. The first-order valence-corrected chi connectivity index (χ1v) is 6.26. The Kier molecular flexibility index (Phi) is 5.17. The molecule has 6 nitrogen and oxygen atoms in total. The highest BCUT2D eigenvalue weighted by Gasteiger charge is 2.10. The Bertz CT molecular complexity index is 309. The number of nitrogens with zero attached hydrogens (tertiary/aromatic N) is 4. The molecule has 1 heterocycles. The number of nitrogens with one attached hydrogen (secondary N) is 1. The summed E-state index contributed by atoms with van der Waals surface area (Å²) in [6.45, 7) is 8.05. The van der Waals surface area contributed by atoms with E-state index in [1.54, 1.807) is 4.68 Å². The van der Waals surface area contributed by atoms with E-state index in [0.717, 1.165) is 18.2 Å². The molecule has 2 N–H and O–H groups in total. The van der Waals surface area contributed by atoms with Gasteiger partial charge in [-0.3, -0.25) is 0 Å². The number of aromatic nitrogens is 4. The molecule has 0 bridgehead atoms. The molecule has 0 atom stereocenters. The normalized spacial score (nSPS) is 12.0.